The van der Waals surface area contributed by atoms with E-state index in [0.29, 0.717) is 12.1 Å². The van der Waals surface area contributed by atoms with Gasteiger partial charge in [0.1, 0.15) is 5.60 Å². The van der Waals surface area contributed by atoms with Gasteiger partial charge < -0.3 is 14.6 Å². The topological polar surface area (TPSA) is 87.4 Å². The van der Waals surface area contributed by atoms with Gasteiger partial charge in [-0.25, -0.2) is 4.79 Å². The molecule has 1 N–H and O–H groups in total. The van der Waals surface area contributed by atoms with Crippen molar-refractivity contribution in [3.63, 3.8) is 0 Å². The van der Waals surface area contributed by atoms with Crippen LogP contribution in [0, 0.1) is 18.3 Å². The SMILES string of the molecule is Cc1c(C(=O)CN2CCC(NC(=O)OC(C)(C)C)CC2)c2ccccc2n1-c1ccc(C#N)cc1. The fourth-order valence-corrected chi connectivity index (χ4v) is 4.73. The van der Waals surface area contributed by atoms with Crippen LogP contribution in [0.5, 0.6) is 0 Å². The number of carbonyl (C=O) groups excluding carboxylic acids is 2. The largest absolute Gasteiger partial charge is 0.444 e. The van der Waals surface area contributed by atoms with Gasteiger partial charge in [-0.1, -0.05) is 18.2 Å². The molecule has 0 bridgehead atoms. The summed E-state index contributed by atoms with van der Waals surface area (Å²) in [5, 5.41) is 13.0. The van der Waals surface area contributed by atoms with Crippen LogP contribution in [0.1, 0.15) is 55.2 Å². The van der Waals surface area contributed by atoms with Crippen LogP contribution >= 0.6 is 0 Å². The number of amides is 1. The maximum Gasteiger partial charge on any atom is 0.407 e. The number of likely N-dealkylation sites (tertiary alicyclic amines) is 1. The number of piperidine rings is 1. The third kappa shape index (κ3) is 5.55. The van der Waals surface area contributed by atoms with Gasteiger partial charge in [-0.2, -0.15) is 5.26 Å². The number of aromatic nitrogens is 1. The summed E-state index contributed by atoms with van der Waals surface area (Å²) in [6.07, 6.45) is 1.16. The normalized spacial score (nSPS) is 15.1. The Hall–Kier alpha value is -3.63. The van der Waals surface area contributed by atoms with E-state index in [0.717, 1.165) is 53.8 Å². The van der Waals surface area contributed by atoms with Gasteiger partial charge in [0.25, 0.3) is 0 Å². The number of hydrogen-bond donors (Lipinski definition) is 1. The van der Waals surface area contributed by atoms with Gasteiger partial charge in [-0.3, -0.25) is 9.69 Å². The Morgan fingerprint density at radius 1 is 1.09 bits per heavy atom. The van der Waals surface area contributed by atoms with Gasteiger partial charge in [0, 0.05) is 41.5 Å². The van der Waals surface area contributed by atoms with Crippen molar-refractivity contribution in [1.29, 1.82) is 5.26 Å². The first kappa shape index (κ1) is 24.5. The van der Waals surface area contributed by atoms with Gasteiger partial charge >= 0.3 is 6.09 Å². The molecule has 0 spiro atoms. The van der Waals surface area contributed by atoms with E-state index in [1.807, 2.05) is 64.1 Å². The van der Waals surface area contributed by atoms with Gasteiger partial charge in [-0.05, 0) is 70.9 Å². The van der Waals surface area contributed by atoms with E-state index >= 15 is 0 Å². The molecule has 1 amide bonds. The molecular weight excluding hydrogens is 440 g/mol. The summed E-state index contributed by atoms with van der Waals surface area (Å²) in [7, 11) is 0. The molecular formula is C28H32N4O3. The van der Waals surface area contributed by atoms with E-state index in [1.165, 1.54) is 0 Å². The molecule has 35 heavy (non-hydrogen) atoms. The number of carbonyl (C=O) groups is 2. The molecule has 4 rings (SSSR count). The van der Waals surface area contributed by atoms with Crippen LogP contribution in [0.3, 0.4) is 0 Å². The van der Waals surface area contributed by atoms with E-state index in [-0.39, 0.29) is 11.8 Å². The fourth-order valence-electron chi connectivity index (χ4n) is 4.73. The highest BCUT2D eigenvalue weighted by molar-refractivity contribution is 6.10. The molecule has 3 aromatic rings. The lowest BCUT2D eigenvalue weighted by Gasteiger charge is -2.32. The molecule has 7 nitrogen and oxygen atoms in total. The zero-order valence-electron chi connectivity index (χ0n) is 20.8. The van der Waals surface area contributed by atoms with Crippen molar-refractivity contribution in [2.75, 3.05) is 19.6 Å². The molecule has 0 unspecified atom stereocenters. The van der Waals surface area contributed by atoms with Gasteiger partial charge in [0.05, 0.1) is 23.7 Å². The summed E-state index contributed by atoms with van der Waals surface area (Å²) in [4.78, 5) is 27.7. The Morgan fingerprint density at radius 3 is 2.37 bits per heavy atom. The highest BCUT2D eigenvalue weighted by Gasteiger charge is 2.27. The molecule has 2 heterocycles. The predicted octanol–water partition coefficient (Wildman–Crippen LogP) is 4.98. The number of Topliss-reactive ketones (excluding diaryl/α,β-unsaturated/α-hetero) is 1. The quantitative estimate of drug-likeness (QED) is 0.529. The molecule has 7 heteroatoms. The van der Waals surface area contributed by atoms with Crippen LogP contribution in [0.15, 0.2) is 48.5 Å². The number of nitrogens with zero attached hydrogens (tertiary/aromatic N) is 3. The van der Waals surface area contributed by atoms with E-state index in [4.69, 9.17) is 10.00 Å². The molecule has 1 aromatic heterocycles. The Morgan fingerprint density at radius 2 is 1.74 bits per heavy atom. The molecule has 2 aromatic carbocycles. The Bertz CT molecular complexity index is 1270. The standard InChI is InChI=1S/C28H32N4O3/c1-19-26(23-7-5-6-8-24(23)32(19)22-11-9-20(17-29)10-12-22)25(33)18-31-15-13-21(14-16-31)30-27(34)35-28(2,3)4/h5-12,21H,13-16,18H2,1-4H3,(H,30,34). The van der Waals surface area contributed by atoms with Crippen LogP contribution in [0.4, 0.5) is 4.79 Å². The minimum absolute atomic E-state index is 0.0521. The molecule has 1 saturated heterocycles. The Balaban J connectivity index is 1.48. The van der Waals surface area contributed by atoms with Crippen molar-refractivity contribution in [3.05, 3.63) is 65.4 Å². The van der Waals surface area contributed by atoms with Crippen molar-refractivity contribution < 1.29 is 14.3 Å². The Labute approximate surface area is 206 Å². The number of hydrogen-bond acceptors (Lipinski definition) is 5. The lowest BCUT2D eigenvalue weighted by Crippen LogP contribution is -2.47. The second kappa shape index (κ2) is 9.93. The summed E-state index contributed by atoms with van der Waals surface area (Å²) in [5.74, 6) is 0.0876. The van der Waals surface area contributed by atoms with Crippen molar-refractivity contribution in [1.82, 2.24) is 14.8 Å². The maximum atomic E-state index is 13.5. The number of ether oxygens (including phenoxy) is 1. The average Bonchev–Trinajstić information content (AvgIpc) is 3.11. The summed E-state index contributed by atoms with van der Waals surface area (Å²) < 4.78 is 7.44. The summed E-state index contributed by atoms with van der Waals surface area (Å²) in [5.41, 5.74) is 3.60. The third-order valence-corrected chi connectivity index (χ3v) is 6.32. The van der Waals surface area contributed by atoms with Crippen molar-refractivity contribution in [2.24, 2.45) is 0 Å². The fraction of sp³-hybridized carbons (Fsp3) is 0.393. The Kier molecular flexibility index (Phi) is 6.95. The van der Waals surface area contributed by atoms with E-state index in [9.17, 15) is 9.59 Å². The third-order valence-electron chi connectivity index (χ3n) is 6.32. The summed E-state index contributed by atoms with van der Waals surface area (Å²) in [6, 6.07) is 17.5. The summed E-state index contributed by atoms with van der Waals surface area (Å²) in [6.45, 7) is 9.33. The second-order valence-corrected chi connectivity index (χ2v) is 10.1. The van der Waals surface area contributed by atoms with Crippen LogP contribution < -0.4 is 5.32 Å². The highest BCUT2D eigenvalue weighted by Crippen LogP contribution is 2.30. The van der Waals surface area contributed by atoms with Gasteiger partial charge in [0.2, 0.25) is 0 Å². The molecule has 1 fully saturated rings. The van der Waals surface area contributed by atoms with Gasteiger partial charge in [-0.15, -0.1) is 0 Å². The zero-order valence-corrected chi connectivity index (χ0v) is 20.8. The van der Waals surface area contributed by atoms with Crippen molar-refractivity contribution in [2.45, 2.75) is 52.2 Å². The number of fused-ring (bicyclic) bond motifs is 1. The average molecular weight is 473 g/mol. The second-order valence-electron chi connectivity index (χ2n) is 10.1. The molecule has 182 valence electrons. The number of nitriles is 1. The lowest BCUT2D eigenvalue weighted by molar-refractivity contribution is 0.0476. The number of rotatable bonds is 5. The van der Waals surface area contributed by atoms with E-state index < -0.39 is 11.7 Å². The minimum Gasteiger partial charge on any atom is -0.444 e. The number of ketones is 1. The van der Waals surface area contributed by atoms with Gasteiger partial charge in [0.15, 0.2) is 5.78 Å². The first-order chi connectivity index (χ1) is 16.7. The van der Waals surface area contributed by atoms with Crippen molar-refractivity contribution in [3.8, 4) is 11.8 Å². The minimum atomic E-state index is -0.522. The lowest BCUT2D eigenvalue weighted by atomic mass is 10.0. The highest BCUT2D eigenvalue weighted by atomic mass is 16.6. The smallest absolute Gasteiger partial charge is 0.407 e. The number of alkyl carbamates (subject to hydrolysis) is 1. The molecule has 1 aliphatic rings. The molecule has 0 radical (unpaired) electrons. The molecule has 0 atom stereocenters. The van der Waals surface area contributed by atoms with Crippen LogP contribution in [0.2, 0.25) is 0 Å². The molecule has 1 aliphatic heterocycles. The van der Waals surface area contributed by atoms with E-state index in [2.05, 4.69) is 20.9 Å². The zero-order chi connectivity index (χ0) is 25.2. The molecule has 0 aliphatic carbocycles. The van der Waals surface area contributed by atoms with Crippen molar-refractivity contribution >= 4 is 22.8 Å². The van der Waals surface area contributed by atoms with Crippen LogP contribution in [0.25, 0.3) is 16.6 Å². The van der Waals surface area contributed by atoms with Crippen LogP contribution in [-0.2, 0) is 4.74 Å². The monoisotopic (exact) mass is 472 g/mol. The van der Waals surface area contributed by atoms with Crippen LogP contribution in [-0.4, -0.2) is 52.6 Å². The first-order valence-corrected chi connectivity index (χ1v) is 12.0. The number of para-hydroxylation sites is 1. The molecule has 0 saturated carbocycles. The number of benzene rings is 2. The predicted molar refractivity (Wildman–Crippen MR) is 136 cm³/mol. The number of nitrogens with one attached hydrogen (secondary N) is 1. The summed E-state index contributed by atoms with van der Waals surface area (Å²) >= 11 is 0. The van der Waals surface area contributed by atoms with E-state index in [1.54, 1.807) is 12.1 Å². The maximum absolute atomic E-state index is 13.5. The first-order valence-electron chi connectivity index (χ1n) is 12.0.